The average Bonchev–Trinajstić information content (AvgIpc) is 2.14. The van der Waals surface area contributed by atoms with Gasteiger partial charge < -0.3 is 9.47 Å². The van der Waals surface area contributed by atoms with Crippen LogP contribution in [0.15, 0.2) is 0 Å². The molecular weight excluding hydrogens is 168 g/mol. The summed E-state index contributed by atoms with van der Waals surface area (Å²) in [6.07, 6.45) is 6.53. The van der Waals surface area contributed by atoms with Crippen molar-refractivity contribution in [2.75, 3.05) is 13.4 Å². The second kappa shape index (κ2) is 5.97. The van der Waals surface area contributed by atoms with E-state index in [0.717, 1.165) is 6.61 Å². The Balaban J connectivity index is 1.95. The van der Waals surface area contributed by atoms with Gasteiger partial charge in [0.05, 0.1) is 6.61 Å². The van der Waals surface area contributed by atoms with Gasteiger partial charge in [0.2, 0.25) is 0 Å². The Morgan fingerprint density at radius 3 is 2.62 bits per heavy atom. The van der Waals surface area contributed by atoms with E-state index in [2.05, 4.69) is 4.74 Å². The molecule has 1 saturated carbocycles. The van der Waals surface area contributed by atoms with E-state index in [1.54, 1.807) is 0 Å². The Morgan fingerprint density at radius 2 is 2.00 bits per heavy atom. The smallest absolute Gasteiger partial charge is 0.304 e. The van der Waals surface area contributed by atoms with Crippen LogP contribution in [0.1, 0.15) is 39.0 Å². The molecule has 13 heavy (non-hydrogen) atoms. The van der Waals surface area contributed by atoms with Crippen LogP contribution < -0.4 is 0 Å². The van der Waals surface area contributed by atoms with Gasteiger partial charge in [-0.1, -0.05) is 19.3 Å². The van der Waals surface area contributed by atoms with Crippen LogP contribution in [0.2, 0.25) is 0 Å². The van der Waals surface area contributed by atoms with Gasteiger partial charge in [-0.25, -0.2) is 0 Å². The monoisotopic (exact) mass is 186 g/mol. The Labute approximate surface area is 79.4 Å². The molecule has 0 unspecified atom stereocenters. The summed E-state index contributed by atoms with van der Waals surface area (Å²) in [7, 11) is 0. The maximum atomic E-state index is 10.4. The zero-order valence-corrected chi connectivity index (χ0v) is 8.25. The zero-order chi connectivity index (χ0) is 9.52. The van der Waals surface area contributed by atoms with Crippen molar-refractivity contribution in [3.63, 3.8) is 0 Å². The van der Waals surface area contributed by atoms with Crippen LogP contribution in [-0.2, 0) is 14.3 Å². The van der Waals surface area contributed by atoms with Gasteiger partial charge in [-0.05, 0) is 18.8 Å². The summed E-state index contributed by atoms with van der Waals surface area (Å²) in [5.41, 5.74) is 0. The van der Waals surface area contributed by atoms with E-state index < -0.39 is 0 Å². The van der Waals surface area contributed by atoms with Crippen molar-refractivity contribution >= 4 is 5.97 Å². The molecule has 0 aromatic heterocycles. The van der Waals surface area contributed by atoms with Crippen LogP contribution in [0.5, 0.6) is 0 Å². The fraction of sp³-hybridized carbons (Fsp3) is 0.900. The van der Waals surface area contributed by atoms with Gasteiger partial charge in [0, 0.05) is 6.92 Å². The first-order chi connectivity index (χ1) is 6.29. The molecule has 0 saturated heterocycles. The Kier molecular flexibility index (Phi) is 4.83. The molecule has 1 fully saturated rings. The van der Waals surface area contributed by atoms with Gasteiger partial charge in [0.1, 0.15) is 0 Å². The number of rotatable bonds is 4. The molecule has 1 aliphatic carbocycles. The van der Waals surface area contributed by atoms with Crippen LogP contribution in [0.3, 0.4) is 0 Å². The summed E-state index contributed by atoms with van der Waals surface area (Å²) in [6.45, 7) is 2.25. The third-order valence-electron chi connectivity index (χ3n) is 2.42. The van der Waals surface area contributed by atoms with E-state index in [9.17, 15) is 4.79 Å². The molecule has 0 heterocycles. The standard InChI is InChI=1S/C10H18O3/c1-9(11)13-8-12-7-10-5-3-2-4-6-10/h10H,2-8H2,1H3. The van der Waals surface area contributed by atoms with Crippen LogP contribution in [0, 0.1) is 5.92 Å². The summed E-state index contributed by atoms with van der Waals surface area (Å²) >= 11 is 0. The molecule has 76 valence electrons. The largest absolute Gasteiger partial charge is 0.439 e. The lowest BCUT2D eigenvalue weighted by atomic mass is 9.90. The Morgan fingerprint density at radius 1 is 1.31 bits per heavy atom. The molecule has 0 radical (unpaired) electrons. The number of carbonyl (C=O) groups excluding carboxylic acids is 1. The molecule has 0 bridgehead atoms. The first kappa shape index (κ1) is 10.5. The van der Waals surface area contributed by atoms with Crippen LogP contribution in [-0.4, -0.2) is 19.4 Å². The van der Waals surface area contributed by atoms with E-state index in [0.29, 0.717) is 5.92 Å². The average molecular weight is 186 g/mol. The highest BCUT2D eigenvalue weighted by Crippen LogP contribution is 2.23. The maximum Gasteiger partial charge on any atom is 0.304 e. The maximum absolute atomic E-state index is 10.4. The molecule has 3 nitrogen and oxygen atoms in total. The fourth-order valence-electron chi connectivity index (χ4n) is 1.69. The number of ether oxygens (including phenoxy) is 2. The third kappa shape index (κ3) is 4.88. The number of hydrogen-bond donors (Lipinski definition) is 0. The van der Waals surface area contributed by atoms with Gasteiger partial charge in [0.25, 0.3) is 0 Å². The van der Waals surface area contributed by atoms with E-state index in [4.69, 9.17) is 4.74 Å². The molecule has 0 amide bonds. The highest BCUT2D eigenvalue weighted by Gasteiger charge is 2.13. The van der Waals surface area contributed by atoms with Gasteiger partial charge in [-0.3, -0.25) is 4.79 Å². The molecule has 0 aromatic carbocycles. The molecule has 0 spiro atoms. The van der Waals surface area contributed by atoms with E-state index >= 15 is 0 Å². The zero-order valence-electron chi connectivity index (χ0n) is 8.25. The molecule has 3 heteroatoms. The molecule has 0 N–H and O–H groups in total. The highest BCUT2D eigenvalue weighted by atomic mass is 16.7. The predicted molar refractivity (Wildman–Crippen MR) is 49.2 cm³/mol. The number of hydrogen-bond acceptors (Lipinski definition) is 3. The van der Waals surface area contributed by atoms with Crippen LogP contribution in [0.4, 0.5) is 0 Å². The lowest BCUT2D eigenvalue weighted by molar-refractivity contribution is -0.154. The first-order valence-corrected chi connectivity index (χ1v) is 5.00. The summed E-state index contributed by atoms with van der Waals surface area (Å²) < 4.78 is 9.91. The molecule has 1 aliphatic rings. The van der Waals surface area contributed by atoms with Crippen molar-refractivity contribution < 1.29 is 14.3 Å². The highest BCUT2D eigenvalue weighted by molar-refractivity contribution is 5.65. The number of esters is 1. The third-order valence-corrected chi connectivity index (χ3v) is 2.42. The van der Waals surface area contributed by atoms with E-state index in [1.807, 2.05) is 0 Å². The molecular formula is C10H18O3. The summed E-state index contributed by atoms with van der Waals surface area (Å²) in [4.78, 5) is 10.4. The van der Waals surface area contributed by atoms with Gasteiger partial charge in [-0.2, -0.15) is 0 Å². The molecule has 0 aromatic rings. The van der Waals surface area contributed by atoms with Crippen molar-refractivity contribution in [1.29, 1.82) is 0 Å². The lowest BCUT2D eigenvalue weighted by Crippen LogP contribution is -2.15. The van der Waals surface area contributed by atoms with Crippen molar-refractivity contribution in [2.45, 2.75) is 39.0 Å². The van der Waals surface area contributed by atoms with Gasteiger partial charge in [0.15, 0.2) is 6.79 Å². The van der Waals surface area contributed by atoms with Crippen molar-refractivity contribution in [1.82, 2.24) is 0 Å². The quantitative estimate of drug-likeness (QED) is 0.383. The summed E-state index contributed by atoms with van der Waals surface area (Å²) in [6, 6.07) is 0. The second-order valence-corrected chi connectivity index (χ2v) is 3.63. The summed E-state index contributed by atoms with van der Waals surface area (Å²) in [5.74, 6) is 0.410. The first-order valence-electron chi connectivity index (χ1n) is 5.00. The predicted octanol–water partition coefficient (Wildman–Crippen LogP) is 2.10. The molecule has 1 rings (SSSR count). The van der Waals surface area contributed by atoms with E-state index in [1.165, 1.54) is 39.0 Å². The molecule has 0 atom stereocenters. The van der Waals surface area contributed by atoms with Crippen LogP contribution >= 0.6 is 0 Å². The minimum atomic E-state index is -0.274. The van der Waals surface area contributed by atoms with E-state index in [-0.39, 0.29) is 12.8 Å². The Bertz CT molecular complexity index is 150. The molecule has 0 aliphatic heterocycles. The van der Waals surface area contributed by atoms with Crippen molar-refractivity contribution in [3.05, 3.63) is 0 Å². The van der Waals surface area contributed by atoms with Gasteiger partial charge in [-0.15, -0.1) is 0 Å². The van der Waals surface area contributed by atoms with Crippen molar-refractivity contribution in [3.8, 4) is 0 Å². The SMILES string of the molecule is CC(=O)OCOCC1CCCCC1. The minimum Gasteiger partial charge on any atom is -0.439 e. The minimum absolute atomic E-state index is 0.117. The summed E-state index contributed by atoms with van der Waals surface area (Å²) in [5, 5.41) is 0. The second-order valence-electron chi connectivity index (χ2n) is 3.63. The van der Waals surface area contributed by atoms with Crippen molar-refractivity contribution in [2.24, 2.45) is 5.92 Å². The Hall–Kier alpha value is -0.570. The lowest BCUT2D eigenvalue weighted by Gasteiger charge is -2.20. The normalized spacial score (nSPS) is 18.5. The fourth-order valence-corrected chi connectivity index (χ4v) is 1.69. The number of carbonyl (C=O) groups is 1. The topological polar surface area (TPSA) is 35.5 Å². The van der Waals surface area contributed by atoms with Gasteiger partial charge >= 0.3 is 5.97 Å². The van der Waals surface area contributed by atoms with Crippen LogP contribution in [0.25, 0.3) is 0 Å².